The highest BCUT2D eigenvalue weighted by atomic mass is 35.5. The molecule has 2 N–H and O–H groups in total. The second-order valence-corrected chi connectivity index (χ2v) is 8.45. The molecule has 0 aliphatic carbocycles. The third-order valence-corrected chi connectivity index (χ3v) is 6.19. The minimum absolute atomic E-state index is 0.364. The summed E-state index contributed by atoms with van der Waals surface area (Å²) in [4.78, 5) is 30.6. The number of para-hydroxylation sites is 1. The lowest BCUT2D eigenvalue weighted by molar-refractivity contribution is -0.123. The quantitative estimate of drug-likeness (QED) is 0.490. The summed E-state index contributed by atoms with van der Waals surface area (Å²) >= 11 is 6.02. The van der Waals surface area contributed by atoms with Gasteiger partial charge in [0.05, 0.1) is 5.52 Å². The molecule has 1 amide bonds. The predicted molar refractivity (Wildman–Crippen MR) is 130 cm³/mol. The molecular formula is C25H23ClN6O. The lowest BCUT2D eigenvalue weighted by Gasteiger charge is -2.39. The van der Waals surface area contributed by atoms with E-state index in [-0.39, 0.29) is 5.91 Å². The lowest BCUT2D eigenvalue weighted by atomic mass is 10.0. The van der Waals surface area contributed by atoms with Crippen LogP contribution in [0.15, 0.2) is 73.1 Å². The number of nitrogens with two attached hydrogens (primary N) is 1. The Morgan fingerprint density at radius 2 is 1.70 bits per heavy atom. The number of aromatic nitrogens is 3. The van der Waals surface area contributed by atoms with Crippen LogP contribution in [0, 0.1) is 0 Å². The molecule has 166 valence electrons. The summed E-state index contributed by atoms with van der Waals surface area (Å²) in [5.74, 6) is 1.17. The number of pyridine rings is 1. The van der Waals surface area contributed by atoms with Crippen molar-refractivity contribution in [1.82, 2.24) is 19.9 Å². The molecule has 2 aromatic heterocycles. The molecular weight excluding hydrogens is 436 g/mol. The van der Waals surface area contributed by atoms with E-state index in [2.05, 4.69) is 14.8 Å². The van der Waals surface area contributed by atoms with E-state index in [9.17, 15) is 4.79 Å². The van der Waals surface area contributed by atoms with E-state index in [0.717, 1.165) is 27.8 Å². The molecule has 4 aromatic rings. The monoisotopic (exact) mass is 458 g/mol. The molecule has 2 aromatic carbocycles. The van der Waals surface area contributed by atoms with Gasteiger partial charge in [0.2, 0.25) is 5.91 Å². The third kappa shape index (κ3) is 4.37. The van der Waals surface area contributed by atoms with Crippen LogP contribution in [-0.4, -0.2) is 51.9 Å². The van der Waals surface area contributed by atoms with Gasteiger partial charge in [0, 0.05) is 54.5 Å². The molecule has 0 spiro atoms. The van der Waals surface area contributed by atoms with E-state index >= 15 is 0 Å². The number of carbonyl (C=O) groups excluding carboxylic acids is 1. The number of hydrogen-bond donors (Lipinski definition) is 1. The molecule has 0 saturated carbocycles. The van der Waals surface area contributed by atoms with Crippen LogP contribution in [0.25, 0.3) is 22.3 Å². The number of benzene rings is 2. The number of fused-ring (bicyclic) bond motifs is 1. The summed E-state index contributed by atoms with van der Waals surface area (Å²) in [6, 6.07) is 18.7. The molecule has 8 heteroatoms. The minimum Gasteiger partial charge on any atom is -0.368 e. The van der Waals surface area contributed by atoms with Gasteiger partial charge in [-0.1, -0.05) is 35.9 Å². The van der Waals surface area contributed by atoms with Gasteiger partial charge in [-0.3, -0.25) is 14.7 Å². The van der Waals surface area contributed by atoms with Gasteiger partial charge in [-0.2, -0.15) is 0 Å². The Hall–Kier alpha value is -3.55. The Morgan fingerprint density at radius 1 is 0.939 bits per heavy atom. The molecule has 1 saturated heterocycles. The predicted octanol–water partition coefficient (Wildman–Crippen LogP) is 3.69. The van der Waals surface area contributed by atoms with Crippen molar-refractivity contribution in [3.63, 3.8) is 0 Å². The van der Waals surface area contributed by atoms with Crippen LogP contribution in [0.1, 0.15) is 11.6 Å². The van der Waals surface area contributed by atoms with E-state index in [1.165, 1.54) is 0 Å². The number of halogens is 1. The molecule has 1 aliphatic heterocycles. The van der Waals surface area contributed by atoms with Crippen molar-refractivity contribution < 1.29 is 4.79 Å². The van der Waals surface area contributed by atoms with Gasteiger partial charge in [0.25, 0.3) is 0 Å². The molecule has 5 rings (SSSR count). The highest BCUT2D eigenvalue weighted by molar-refractivity contribution is 6.30. The van der Waals surface area contributed by atoms with Gasteiger partial charge < -0.3 is 10.6 Å². The van der Waals surface area contributed by atoms with Crippen molar-refractivity contribution in [2.45, 2.75) is 6.04 Å². The summed E-state index contributed by atoms with van der Waals surface area (Å²) in [5.41, 5.74) is 8.41. The first-order valence-corrected chi connectivity index (χ1v) is 11.2. The van der Waals surface area contributed by atoms with Crippen molar-refractivity contribution >= 4 is 34.2 Å². The van der Waals surface area contributed by atoms with Crippen molar-refractivity contribution in [3.8, 4) is 11.4 Å². The number of carbonyl (C=O) groups is 1. The highest BCUT2D eigenvalue weighted by Gasteiger charge is 2.30. The van der Waals surface area contributed by atoms with Crippen LogP contribution in [-0.2, 0) is 4.79 Å². The normalized spacial score (nSPS) is 15.5. The molecule has 0 radical (unpaired) electrons. The number of piperazine rings is 1. The molecule has 1 fully saturated rings. The van der Waals surface area contributed by atoms with E-state index in [1.807, 2.05) is 48.5 Å². The summed E-state index contributed by atoms with van der Waals surface area (Å²) in [5, 5.41) is 1.63. The number of primary amides is 1. The second-order valence-electron chi connectivity index (χ2n) is 8.01. The first kappa shape index (κ1) is 21.3. The fourth-order valence-electron chi connectivity index (χ4n) is 4.32. The first-order chi connectivity index (χ1) is 16.1. The molecule has 1 atom stereocenters. The second kappa shape index (κ2) is 9.13. The smallest absolute Gasteiger partial charge is 0.239 e. The van der Waals surface area contributed by atoms with Crippen LogP contribution in [0.3, 0.4) is 0 Å². The average molecular weight is 459 g/mol. The van der Waals surface area contributed by atoms with E-state index in [1.54, 1.807) is 24.5 Å². The molecule has 0 unspecified atom stereocenters. The topological polar surface area (TPSA) is 88.2 Å². The van der Waals surface area contributed by atoms with Crippen molar-refractivity contribution in [2.24, 2.45) is 5.73 Å². The summed E-state index contributed by atoms with van der Waals surface area (Å²) < 4.78 is 0. The van der Waals surface area contributed by atoms with E-state index < -0.39 is 6.04 Å². The van der Waals surface area contributed by atoms with Gasteiger partial charge in [-0.25, -0.2) is 9.97 Å². The SMILES string of the molecule is NC(=O)[C@@H](c1ccc(Cl)cc1)N1CCN(c2nc(-c3cccnc3)nc3ccccc23)CC1. The Kier molecular flexibility index (Phi) is 5.90. The summed E-state index contributed by atoms with van der Waals surface area (Å²) in [6.07, 6.45) is 3.51. The maximum absolute atomic E-state index is 12.3. The van der Waals surface area contributed by atoms with Gasteiger partial charge in [-0.15, -0.1) is 0 Å². The third-order valence-electron chi connectivity index (χ3n) is 5.94. The zero-order valence-corrected chi connectivity index (χ0v) is 18.7. The number of hydrogen-bond acceptors (Lipinski definition) is 6. The van der Waals surface area contributed by atoms with Crippen LogP contribution >= 0.6 is 11.6 Å². The van der Waals surface area contributed by atoms with Gasteiger partial charge >= 0.3 is 0 Å². The highest BCUT2D eigenvalue weighted by Crippen LogP contribution is 2.30. The lowest BCUT2D eigenvalue weighted by Crippen LogP contribution is -2.50. The Balaban J connectivity index is 1.43. The molecule has 0 bridgehead atoms. The zero-order chi connectivity index (χ0) is 22.8. The molecule has 33 heavy (non-hydrogen) atoms. The van der Waals surface area contributed by atoms with Crippen LogP contribution in [0.2, 0.25) is 5.02 Å². The van der Waals surface area contributed by atoms with Crippen LogP contribution in [0.5, 0.6) is 0 Å². The Labute approximate surface area is 196 Å². The molecule has 3 heterocycles. The maximum Gasteiger partial charge on any atom is 0.239 e. The van der Waals surface area contributed by atoms with Crippen molar-refractivity contribution in [1.29, 1.82) is 0 Å². The van der Waals surface area contributed by atoms with Gasteiger partial charge in [0.1, 0.15) is 11.9 Å². The molecule has 1 aliphatic rings. The number of nitrogens with zero attached hydrogens (tertiary/aromatic N) is 5. The van der Waals surface area contributed by atoms with E-state index in [4.69, 9.17) is 27.3 Å². The number of rotatable bonds is 5. The van der Waals surface area contributed by atoms with Gasteiger partial charge in [0.15, 0.2) is 5.82 Å². The largest absolute Gasteiger partial charge is 0.368 e. The number of anilines is 1. The fraction of sp³-hybridized carbons (Fsp3) is 0.200. The van der Waals surface area contributed by atoms with Gasteiger partial charge in [-0.05, 0) is 42.0 Å². The first-order valence-electron chi connectivity index (χ1n) is 10.8. The van der Waals surface area contributed by atoms with Crippen LogP contribution in [0.4, 0.5) is 5.82 Å². The van der Waals surface area contributed by atoms with Crippen molar-refractivity contribution in [3.05, 3.63) is 83.6 Å². The zero-order valence-electron chi connectivity index (χ0n) is 17.9. The van der Waals surface area contributed by atoms with Crippen LogP contribution < -0.4 is 10.6 Å². The minimum atomic E-state index is -0.488. The molecule has 7 nitrogen and oxygen atoms in total. The van der Waals surface area contributed by atoms with E-state index in [0.29, 0.717) is 37.0 Å². The summed E-state index contributed by atoms with van der Waals surface area (Å²) in [7, 11) is 0. The summed E-state index contributed by atoms with van der Waals surface area (Å²) in [6.45, 7) is 2.78. The fourth-order valence-corrected chi connectivity index (χ4v) is 4.44. The average Bonchev–Trinajstić information content (AvgIpc) is 2.85. The standard InChI is InChI=1S/C25H23ClN6O/c26-19-9-7-17(8-10-19)22(23(27)33)31-12-14-32(15-13-31)25-20-5-1-2-6-21(20)29-24(30-25)18-4-3-11-28-16-18/h1-11,16,22H,12-15H2,(H2,27,33)/t22-/m1/s1. The number of amides is 1. The Morgan fingerprint density at radius 3 is 2.39 bits per heavy atom. The van der Waals surface area contributed by atoms with Crippen molar-refractivity contribution in [2.75, 3.05) is 31.1 Å². The maximum atomic E-state index is 12.3. The Bertz CT molecular complexity index is 1270.